The summed E-state index contributed by atoms with van der Waals surface area (Å²) in [6, 6.07) is 1.25. The van der Waals surface area contributed by atoms with Crippen LogP contribution < -0.4 is 15.8 Å². The zero-order valence-corrected chi connectivity index (χ0v) is 16.0. The van der Waals surface area contributed by atoms with Gasteiger partial charge in [0, 0.05) is 38.2 Å². The molecule has 3 atom stereocenters. The Bertz CT molecular complexity index is 723. The molecule has 0 saturated carbocycles. The van der Waals surface area contributed by atoms with Gasteiger partial charge in [-0.15, -0.1) is 0 Å². The number of nitrogen functional groups attached to an aromatic ring is 1. The van der Waals surface area contributed by atoms with Gasteiger partial charge >= 0.3 is 0 Å². The molecule has 1 unspecified atom stereocenters. The molecule has 2 fully saturated rings. The lowest BCUT2D eigenvalue weighted by atomic mass is 9.99. The minimum atomic E-state index is -0.623. The predicted octanol–water partition coefficient (Wildman–Crippen LogP) is 1.20. The lowest BCUT2D eigenvalue weighted by Gasteiger charge is -2.37. The quantitative estimate of drug-likeness (QED) is 0.663. The van der Waals surface area contributed by atoms with E-state index in [0.29, 0.717) is 48.0 Å². The van der Waals surface area contributed by atoms with E-state index in [1.165, 1.54) is 0 Å². The fourth-order valence-electron chi connectivity index (χ4n) is 4.19. The summed E-state index contributed by atoms with van der Waals surface area (Å²) in [5, 5.41) is 13.8. The lowest BCUT2D eigenvalue weighted by Crippen LogP contribution is -2.55. The summed E-state index contributed by atoms with van der Waals surface area (Å²) in [5.74, 6) is 0.228. The first kappa shape index (κ1) is 18.8. The van der Waals surface area contributed by atoms with Crippen LogP contribution in [-0.2, 0) is 11.2 Å². The van der Waals surface area contributed by atoms with E-state index < -0.39 is 6.10 Å². The fraction of sp³-hybridized carbons (Fsp3) is 0.632. The second kappa shape index (κ2) is 7.83. The number of likely N-dealkylation sites (tertiary alicyclic amines) is 1. The van der Waals surface area contributed by atoms with Gasteiger partial charge < -0.3 is 25.6 Å². The minimum absolute atomic E-state index is 0.264. The maximum Gasteiger partial charge on any atom is 0.255 e. The van der Waals surface area contributed by atoms with Crippen molar-refractivity contribution < 1.29 is 19.4 Å². The first-order chi connectivity index (χ1) is 13.0. The number of halogens is 1. The van der Waals surface area contributed by atoms with Crippen molar-refractivity contribution in [3.8, 4) is 5.75 Å². The molecule has 1 aromatic rings. The van der Waals surface area contributed by atoms with Gasteiger partial charge in [-0.25, -0.2) is 0 Å². The highest BCUT2D eigenvalue weighted by Gasteiger charge is 2.32. The normalized spacial score (nSPS) is 28.0. The van der Waals surface area contributed by atoms with Crippen molar-refractivity contribution in [3.63, 3.8) is 0 Å². The van der Waals surface area contributed by atoms with Crippen LogP contribution in [0.5, 0.6) is 5.75 Å². The number of piperidine rings is 1. The van der Waals surface area contributed by atoms with Crippen molar-refractivity contribution >= 4 is 23.2 Å². The number of nitrogens with zero attached hydrogens (tertiary/aromatic N) is 1. The van der Waals surface area contributed by atoms with Gasteiger partial charge in [-0.05, 0) is 25.3 Å². The Morgan fingerprint density at radius 3 is 3.00 bits per heavy atom. The van der Waals surface area contributed by atoms with Crippen molar-refractivity contribution in [3.05, 3.63) is 22.2 Å². The number of carbonyl (C=O) groups is 1. The van der Waals surface area contributed by atoms with Crippen LogP contribution in [0.4, 0.5) is 5.69 Å². The smallest absolute Gasteiger partial charge is 0.255 e. The van der Waals surface area contributed by atoms with Gasteiger partial charge in [0.05, 0.1) is 41.1 Å². The Hall–Kier alpha value is -1.54. The first-order valence-electron chi connectivity index (χ1n) is 9.59. The van der Waals surface area contributed by atoms with Crippen LogP contribution in [0.1, 0.15) is 35.2 Å². The molecule has 27 heavy (non-hydrogen) atoms. The topological polar surface area (TPSA) is 97.1 Å². The Balaban J connectivity index is 1.39. The van der Waals surface area contributed by atoms with Gasteiger partial charge in [-0.3, -0.25) is 9.69 Å². The summed E-state index contributed by atoms with van der Waals surface area (Å²) in [6.07, 6.45) is 3.16. The Morgan fingerprint density at radius 2 is 2.26 bits per heavy atom. The summed E-state index contributed by atoms with van der Waals surface area (Å²) in [4.78, 5) is 15.0. The van der Waals surface area contributed by atoms with Crippen LogP contribution in [0.15, 0.2) is 6.07 Å². The third kappa shape index (κ3) is 3.87. The molecule has 3 aliphatic heterocycles. The molecule has 1 amide bonds. The molecule has 3 heterocycles. The fourth-order valence-corrected chi connectivity index (χ4v) is 4.41. The molecule has 8 heteroatoms. The third-order valence-electron chi connectivity index (χ3n) is 5.68. The van der Waals surface area contributed by atoms with Crippen molar-refractivity contribution in [2.24, 2.45) is 0 Å². The summed E-state index contributed by atoms with van der Waals surface area (Å²) in [5.41, 5.74) is 7.64. The van der Waals surface area contributed by atoms with E-state index in [1.807, 2.05) is 0 Å². The maximum atomic E-state index is 12.8. The van der Waals surface area contributed by atoms with Crippen molar-refractivity contribution in [2.45, 2.75) is 43.9 Å². The number of fused-ring (bicyclic) bond motifs is 1. The molecule has 3 aliphatic rings. The van der Waals surface area contributed by atoms with Crippen LogP contribution in [-0.4, -0.2) is 67.0 Å². The van der Waals surface area contributed by atoms with Gasteiger partial charge in [0.2, 0.25) is 0 Å². The highest BCUT2D eigenvalue weighted by atomic mass is 35.5. The third-order valence-corrected chi connectivity index (χ3v) is 6.00. The summed E-state index contributed by atoms with van der Waals surface area (Å²) in [7, 11) is 0. The highest BCUT2D eigenvalue weighted by molar-refractivity contribution is 6.33. The van der Waals surface area contributed by atoms with Gasteiger partial charge in [0.15, 0.2) is 0 Å². The zero-order chi connectivity index (χ0) is 19.0. The summed E-state index contributed by atoms with van der Waals surface area (Å²) < 4.78 is 11.3. The summed E-state index contributed by atoms with van der Waals surface area (Å²) in [6.45, 7) is 3.51. The number of benzene rings is 1. The Labute approximate surface area is 163 Å². The van der Waals surface area contributed by atoms with E-state index in [0.717, 1.165) is 38.1 Å². The van der Waals surface area contributed by atoms with E-state index in [-0.39, 0.29) is 18.1 Å². The standard InChI is InChI=1S/C19H26ClN3O4/c20-14-8-13(18-12(17(14)21)4-7-27-18)19(25)22-15-3-5-23(10-16(15)24)9-11-2-1-6-26-11/h8,11,15-16,24H,1-7,9-10,21H2,(H,22,25)/t11?,15-,16-/m1/s1. The second-order valence-corrected chi connectivity index (χ2v) is 7.96. The predicted molar refractivity (Wildman–Crippen MR) is 102 cm³/mol. The molecule has 0 aromatic heterocycles. The minimum Gasteiger partial charge on any atom is -0.492 e. The molecule has 0 spiro atoms. The molecular formula is C19H26ClN3O4. The van der Waals surface area contributed by atoms with Crippen molar-refractivity contribution in [1.29, 1.82) is 0 Å². The van der Waals surface area contributed by atoms with E-state index in [2.05, 4.69) is 10.2 Å². The van der Waals surface area contributed by atoms with Crippen LogP contribution in [0.25, 0.3) is 0 Å². The number of aliphatic hydroxyl groups is 1. The number of β-amino-alcohol motifs (C(OH)–C–C–N with tert-alkyl or cyclic N) is 1. The maximum absolute atomic E-state index is 12.8. The number of nitrogens with one attached hydrogen (secondary N) is 1. The van der Waals surface area contributed by atoms with Crippen LogP contribution in [0.2, 0.25) is 5.02 Å². The van der Waals surface area contributed by atoms with Gasteiger partial charge in [0.25, 0.3) is 5.91 Å². The number of rotatable bonds is 4. The van der Waals surface area contributed by atoms with E-state index in [9.17, 15) is 9.90 Å². The van der Waals surface area contributed by atoms with E-state index >= 15 is 0 Å². The van der Waals surface area contributed by atoms with E-state index in [1.54, 1.807) is 6.07 Å². The number of nitrogens with two attached hydrogens (primary N) is 1. The number of anilines is 1. The molecule has 0 radical (unpaired) electrons. The molecule has 0 aliphatic carbocycles. The number of hydrogen-bond acceptors (Lipinski definition) is 6. The SMILES string of the molecule is Nc1c(Cl)cc(C(=O)N[C@@H]2CCN(CC3CCCO3)C[C@H]2O)c2c1CCO2. The van der Waals surface area contributed by atoms with Crippen LogP contribution in [0, 0.1) is 0 Å². The van der Waals surface area contributed by atoms with Gasteiger partial charge in [-0.2, -0.15) is 0 Å². The number of amides is 1. The molecule has 0 bridgehead atoms. The zero-order valence-electron chi connectivity index (χ0n) is 15.2. The largest absolute Gasteiger partial charge is 0.492 e. The highest BCUT2D eigenvalue weighted by Crippen LogP contribution is 2.38. The molecule has 148 valence electrons. The van der Waals surface area contributed by atoms with Crippen molar-refractivity contribution in [1.82, 2.24) is 10.2 Å². The van der Waals surface area contributed by atoms with Crippen LogP contribution >= 0.6 is 11.6 Å². The molecule has 4 N–H and O–H groups in total. The van der Waals surface area contributed by atoms with Gasteiger partial charge in [0.1, 0.15) is 5.75 Å². The average molecular weight is 396 g/mol. The lowest BCUT2D eigenvalue weighted by molar-refractivity contribution is 0.0106. The monoisotopic (exact) mass is 395 g/mol. The molecule has 2 saturated heterocycles. The molecule has 1 aromatic carbocycles. The Morgan fingerprint density at radius 1 is 1.41 bits per heavy atom. The first-order valence-corrected chi connectivity index (χ1v) is 9.97. The number of carbonyl (C=O) groups excluding carboxylic acids is 1. The Kier molecular flexibility index (Phi) is 5.45. The molecule has 4 rings (SSSR count). The van der Waals surface area contributed by atoms with E-state index in [4.69, 9.17) is 26.8 Å². The van der Waals surface area contributed by atoms with Crippen LogP contribution in [0.3, 0.4) is 0 Å². The number of ether oxygens (including phenoxy) is 2. The second-order valence-electron chi connectivity index (χ2n) is 7.56. The van der Waals surface area contributed by atoms with Gasteiger partial charge in [-0.1, -0.05) is 11.6 Å². The molecule has 7 nitrogen and oxygen atoms in total. The summed E-state index contributed by atoms with van der Waals surface area (Å²) >= 11 is 6.18. The average Bonchev–Trinajstić information content (AvgIpc) is 3.32. The molecular weight excluding hydrogens is 370 g/mol. The van der Waals surface area contributed by atoms with Crippen molar-refractivity contribution in [2.75, 3.05) is 38.6 Å². The number of aliphatic hydroxyl groups excluding tert-OH is 1. The number of hydrogen-bond donors (Lipinski definition) is 3.